The van der Waals surface area contributed by atoms with Gasteiger partial charge in [-0.3, -0.25) is 0 Å². The third-order valence-electron chi connectivity index (χ3n) is 4.60. The van der Waals surface area contributed by atoms with Gasteiger partial charge >= 0.3 is 5.97 Å². The second kappa shape index (κ2) is 7.65. The van der Waals surface area contributed by atoms with E-state index in [1.165, 1.54) is 6.07 Å². The van der Waals surface area contributed by atoms with E-state index in [1.54, 1.807) is 6.07 Å². The molecule has 0 bridgehead atoms. The van der Waals surface area contributed by atoms with Gasteiger partial charge in [0, 0.05) is 44.5 Å². The molecule has 0 amide bonds. The minimum atomic E-state index is -0.991. The highest BCUT2D eigenvalue weighted by Gasteiger charge is 2.25. The summed E-state index contributed by atoms with van der Waals surface area (Å²) in [5.41, 5.74) is 0.0899. The molecule has 3 heterocycles. The lowest BCUT2D eigenvalue weighted by Gasteiger charge is -2.33. The molecule has 0 radical (unpaired) electrons. The molecule has 7 nitrogen and oxygen atoms in total. The monoisotopic (exact) mass is 343 g/mol. The lowest BCUT2D eigenvalue weighted by Crippen LogP contribution is -2.36. The van der Waals surface area contributed by atoms with Crippen LogP contribution in [0.3, 0.4) is 0 Å². The number of imidazole rings is 1. The van der Waals surface area contributed by atoms with E-state index < -0.39 is 5.97 Å². The maximum atomic E-state index is 11.2. The Balaban J connectivity index is 1.75. The van der Waals surface area contributed by atoms with Crippen LogP contribution in [0.4, 0.5) is 5.82 Å². The number of pyridine rings is 1. The summed E-state index contributed by atoms with van der Waals surface area (Å²) in [6, 6.07) is 5.17. The van der Waals surface area contributed by atoms with Crippen molar-refractivity contribution < 1.29 is 9.90 Å². The Labute approximate surface area is 147 Å². The van der Waals surface area contributed by atoms with Gasteiger partial charge in [0.15, 0.2) is 5.69 Å². The van der Waals surface area contributed by atoms with Crippen molar-refractivity contribution in [2.45, 2.75) is 25.3 Å². The number of hydrogen-bond donors (Lipinski definition) is 1. The minimum absolute atomic E-state index is 0.0899. The van der Waals surface area contributed by atoms with Gasteiger partial charge in [-0.05, 0) is 39.1 Å². The van der Waals surface area contributed by atoms with Gasteiger partial charge in [-0.25, -0.2) is 14.8 Å². The van der Waals surface area contributed by atoms with Crippen molar-refractivity contribution in [1.29, 1.82) is 0 Å². The SMILES string of the molecule is CN(C)CCn1ccnc1C1CCCN(c2cccc(C(=O)O)n2)C1. The Hall–Kier alpha value is -2.41. The van der Waals surface area contributed by atoms with Crippen LogP contribution in [-0.4, -0.2) is 64.2 Å². The van der Waals surface area contributed by atoms with Crippen LogP contribution < -0.4 is 4.90 Å². The fraction of sp³-hybridized carbons (Fsp3) is 0.500. The Bertz CT molecular complexity index is 728. The quantitative estimate of drug-likeness (QED) is 0.864. The van der Waals surface area contributed by atoms with Crippen LogP contribution in [-0.2, 0) is 6.54 Å². The number of carboxylic acid groups (broad SMARTS) is 1. The lowest BCUT2D eigenvalue weighted by molar-refractivity contribution is 0.0690. The van der Waals surface area contributed by atoms with Crippen LogP contribution in [0.15, 0.2) is 30.6 Å². The maximum Gasteiger partial charge on any atom is 0.354 e. The fourth-order valence-electron chi connectivity index (χ4n) is 3.29. The van der Waals surface area contributed by atoms with Crippen LogP contribution in [0.25, 0.3) is 0 Å². The van der Waals surface area contributed by atoms with Crippen LogP contribution in [0, 0.1) is 0 Å². The summed E-state index contributed by atoms with van der Waals surface area (Å²) >= 11 is 0. The number of anilines is 1. The molecule has 0 saturated carbocycles. The Kier molecular flexibility index (Phi) is 5.33. The molecule has 1 atom stereocenters. The van der Waals surface area contributed by atoms with E-state index in [-0.39, 0.29) is 5.69 Å². The average molecular weight is 343 g/mol. The molecule has 1 aliphatic heterocycles. The van der Waals surface area contributed by atoms with E-state index in [2.05, 4.69) is 38.4 Å². The fourth-order valence-corrected chi connectivity index (χ4v) is 3.29. The summed E-state index contributed by atoms with van der Waals surface area (Å²) in [5, 5.41) is 9.15. The highest BCUT2D eigenvalue weighted by molar-refractivity contribution is 5.85. The third kappa shape index (κ3) is 4.17. The summed E-state index contributed by atoms with van der Waals surface area (Å²) in [6.45, 7) is 3.60. The number of carbonyl (C=O) groups is 1. The summed E-state index contributed by atoms with van der Waals surface area (Å²) in [4.78, 5) is 24.4. The molecule has 0 aromatic carbocycles. The molecule has 1 fully saturated rings. The van der Waals surface area contributed by atoms with Gasteiger partial charge in [0.05, 0.1) is 0 Å². The van der Waals surface area contributed by atoms with Crippen molar-refractivity contribution in [2.24, 2.45) is 0 Å². The van der Waals surface area contributed by atoms with Crippen LogP contribution in [0.5, 0.6) is 0 Å². The zero-order valence-electron chi connectivity index (χ0n) is 14.8. The van der Waals surface area contributed by atoms with Crippen LogP contribution in [0.1, 0.15) is 35.1 Å². The van der Waals surface area contributed by atoms with Gasteiger partial charge in [0.1, 0.15) is 11.6 Å². The molecule has 134 valence electrons. The summed E-state index contributed by atoms with van der Waals surface area (Å²) in [7, 11) is 4.14. The molecule has 25 heavy (non-hydrogen) atoms. The number of nitrogens with zero attached hydrogens (tertiary/aromatic N) is 5. The molecule has 3 rings (SSSR count). The van der Waals surface area contributed by atoms with E-state index in [1.807, 2.05) is 18.5 Å². The first-order valence-electron chi connectivity index (χ1n) is 8.65. The topological polar surface area (TPSA) is 74.5 Å². The van der Waals surface area contributed by atoms with Crippen molar-refractivity contribution >= 4 is 11.8 Å². The first-order chi connectivity index (χ1) is 12.0. The Morgan fingerprint density at radius 2 is 2.24 bits per heavy atom. The molecule has 2 aromatic rings. The molecule has 1 unspecified atom stereocenters. The molecule has 0 spiro atoms. The third-order valence-corrected chi connectivity index (χ3v) is 4.60. The number of likely N-dealkylation sites (N-methyl/N-ethyl adjacent to an activating group) is 1. The van der Waals surface area contributed by atoms with Crippen LogP contribution in [0.2, 0.25) is 0 Å². The van der Waals surface area contributed by atoms with Gasteiger partial charge in [0.2, 0.25) is 0 Å². The van der Waals surface area contributed by atoms with Crippen LogP contribution >= 0.6 is 0 Å². The normalized spacial score (nSPS) is 17.9. The van der Waals surface area contributed by atoms with Crippen molar-refractivity contribution in [3.63, 3.8) is 0 Å². The smallest absolute Gasteiger partial charge is 0.354 e. The Morgan fingerprint density at radius 3 is 3.00 bits per heavy atom. The van der Waals surface area contributed by atoms with Crippen molar-refractivity contribution in [1.82, 2.24) is 19.4 Å². The molecule has 1 N–H and O–H groups in total. The predicted molar refractivity (Wildman–Crippen MR) is 96.2 cm³/mol. The molecule has 1 aliphatic rings. The van der Waals surface area contributed by atoms with Gasteiger partial charge in [0.25, 0.3) is 0 Å². The number of hydrogen-bond acceptors (Lipinski definition) is 5. The van der Waals surface area contributed by atoms with Gasteiger partial charge in [-0.15, -0.1) is 0 Å². The standard InChI is InChI=1S/C18H25N5O2/c1-21(2)11-12-22-10-8-19-17(22)14-5-4-9-23(13-14)16-7-3-6-15(20-16)18(24)25/h3,6-8,10,14H,4-5,9,11-13H2,1-2H3,(H,24,25). The number of rotatable bonds is 6. The van der Waals surface area contributed by atoms with E-state index >= 15 is 0 Å². The lowest BCUT2D eigenvalue weighted by atomic mass is 9.97. The average Bonchev–Trinajstić information content (AvgIpc) is 3.09. The summed E-state index contributed by atoms with van der Waals surface area (Å²) < 4.78 is 2.23. The number of aromatic nitrogens is 3. The van der Waals surface area contributed by atoms with Gasteiger partial charge in [-0.2, -0.15) is 0 Å². The molecule has 1 saturated heterocycles. The second-order valence-electron chi connectivity index (χ2n) is 6.75. The molecular formula is C18H25N5O2. The Morgan fingerprint density at radius 1 is 1.40 bits per heavy atom. The number of piperidine rings is 1. The number of aromatic carboxylic acids is 1. The van der Waals surface area contributed by atoms with E-state index in [9.17, 15) is 4.79 Å². The first-order valence-corrected chi connectivity index (χ1v) is 8.65. The summed E-state index contributed by atoms with van der Waals surface area (Å²) in [5.74, 6) is 1.19. The zero-order chi connectivity index (χ0) is 17.8. The first kappa shape index (κ1) is 17.4. The summed E-state index contributed by atoms with van der Waals surface area (Å²) in [6.07, 6.45) is 6.05. The van der Waals surface area contributed by atoms with Crippen molar-refractivity contribution in [3.8, 4) is 0 Å². The second-order valence-corrected chi connectivity index (χ2v) is 6.75. The maximum absolute atomic E-state index is 11.2. The molecule has 0 aliphatic carbocycles. The van der Waals surface area contributed by atoms with Gasteiger partial charge in [-0.1, -0.05) is 6.07 Å². The molecule has 7 heteroatoms. The largest absolute Gasteiger partial charge is 0.477 e. The zero-order valence-corrected chi connectivity index (χ0v) is 14.8. The number of carboxylic acids is 1. The van der Waals surface area contributed by atoms with Crippen molar-refractivity contribution in [3.05, 3.63) is 42.1 Å². The highest BCUT2D eigenvalue weighted by atomic mass is 16.4. The predicted octanol–water partition coefficient (Wildman–Crippen LogP) is 1.92. The minimum Gasteiger partial charge on any atom is -0.477 e. The molecular weight excluding hydrogens is 318 g/mol. The van der Waals surface area contributed by atoms with Crippen molar-refractivity contribution in [2.75, 3.05) is 38.6 Å². The van der Waals surface area contributed by atoms with E-state index in [0.717, 1.165) is 50.7 Å². The van der Waals surface area contributed by atoms with Gasteiger partial charge < -0.3 is 19.5 Å². The van der Waals surface area contributed by atoms with E-state index in [4.69, 9.17) is 5.11 Å². The van der Waals surface area contributed by atoms with E-state index in [0.29, 0.717) is 5.92 Å². The highest BCUT2D eigenvalue weighted by Crippen LogP contribution is 2.28. The molecule has 2 aromatic heterocycles.